The van der Waals surface area contributed by atoms with Crippen molar-refractivity contribution in [2.75, 3.05) is 23.0 Å². The number of thioether (sulfide) groups is 3. The molecule has 2 saturated heterocycles. The molecule has 0 aromatic heterocycles. The first kappa shape index (κ1) is 35.7. The van der Waals surface area contributed by atoms with Crippen LogP contribution in [-0.4, -0.2) is 52.8 Å². The minimum atomic E-state index is -0.236. The van der Waals surface area contributed by atoms with E-state index in [1.165, 1.54) is 45.3 Å². The van der Waals surface area contributed by atoms with Crippen LogP contribution in [0.4, 0.5) is 0 Å². The fourth-order valence-electron chi connectivity index (χ4n) is 7.54. The lowest BCUT2D eigenvalue weighted by molar-refractivity contribution is 0.256. The average molecular weight is 753 g/mol. The summed E-state index contributed by atoms with van der Waals surface area (Å²) in [4.78, 5) is 11.2. The van der Waals surface area contributed by atoms with Gasteiger partial charge in [-0.3, -0.25) is 0 Å². The van der Waals surface area contributed by atoms with E-state index in [0.29, 0.717) is 11.8 Å². The highest BCUT2D eigenvalue weighted by Gasteiger charge is 2.45. The molecule has 0 bridgehead atoms. The Kier molecular flexibility index (Phi) is 12.1. The average Bonchev–Trinajstić information content (AvgIpc) is 3.75. The lowest BCUT2D eigenvalue weighted by Crippen LogP contribution is -2.53. The molecule has 0 spiro atoms. The molecule has 4 heterocycles. The van der Waals surface area contributed by atoms with Crippen molar-refractivity contribution >= 4 is 104 Å². The van der Waals surface area contributed by atoms with Crippen molar-refractivity contribution in [1.82, 2.24) is 9.80 Å². The van der Waals surface area contributed by atoms with Crippen LogP contribution in [0.25, 0.3) is 0 Å². The van der Waals surface area contributed by atoms with Crippen LogP contribution in [-0.2, 0) is 11.1 Å². The van der Waals surface area contributed by atoms with Crippen LogP contribution >= 0.6 is 84.2 Å². The van der Waals surface area contributed by atoms with Crippen LogP contribution in [0.1, 0.15) is 76.3 Å². The molecular formula is C38H44N2S7. The molecule has 4 atom stereocenters. The van der Waals surface area contributed by atoms with E-state index in [4.69, 9.17) is 48.9 Å². The minimum Gasteiger partial charge on any atom is -0.316 e. The SMILES string of the molecule is CC(CCCCSCCCCC(C)(c1ccccc1)N1C(=S)C=C2SCCC2C1=S)(c1ccccc1)N1C(=S)C=C2SCCC2C1=S. The highest BCUT2D eigenvalue weighted by molar-refractivity contribution is 8.03. The van der Waals surface area contributed by atoms with Crippen molar-refractivity contribution in [1.29, 1.82) is 0 Å². The molecule has 0 amide bonds. The predicted molar refractivity (Wildman–Crippen MR) is 224 cm³/mol. The van der Waals surface area contributed by atoms with E-state index < -0.39 is 0 Å². The van der Waals surface area contributed by atoms with Gasteiger partial charge in [-0.2, -0.15) is 11.8 Å². The Morgan fingerprint density at radius 2 is 1.04 bits per heavy atom. The summed E-state index contributed by atoms with van der Waals surface area (Å²) in [6, 6.07) is 21.7. The summed E-state index contributed by atoms with van der Waals surface area (Å²) in [6.45, 7) is 4.70. The van der Waals surface area contributed by atoms with Crippen LogP contribution in [0.2, 0.25) is 0 Å². The van der Waals surface area contributed by atoms with E-state index >= 15 is 0 Å². The second kappa shape index (κ2) is 15.9. The Labute approximate surface area is 316 Å². The molecule has 0 saturated carbocycles. The Bertz CT molecular complexity index is 1440. The van der Waals surface area contributed by atoms with Crippen LogP contribution < -0.4 is 0 Å². The van der Waals surface area contributed by atoms with E-state index in [1.807, 2.05) is 23.5 Å². The molecule has 2 aromatic rings. The minimum absolute atomic E-state index is 0.236. The van der Waals surface area contributed by atoms with E-state index in [0.717, 1.165) is 70.0 Å². The Morgan fingerprint density at radius 3 is 1.45 bits per heavy atom. The zero-order chi connectivity index (χ0) is 33.0. The number of hydrogen-bond donors (Lipinski definition) is 0. The summed E-state index contributed by atoms with van der Waals surface area (Å²) in [7, 11) is 0. The van der Waals surface area contributed by atoms with Gasteiger partial charge in [0.15, 0.2) is 0 Å². The lowest BCUT2D eigenvalue weighted by Gasteiger charge is -2.46. The topological polar surface area (TPSA) is 6.48 Å². The fraction of sp³-hybridized carbons (Fsp3) is 0.474. The van der Waals surface area contributed by atoms with E-state index in [-0.39, 0.29) is 11.1 Å². The van der Waals surface area contributed by atoms with Gasteiger partial charge in [0.1, 0.15) is 9.98 Å². The highest BCUT2D eigenvalue weighted by atomic mass is 32.2. The number of fused-ring (bicyclic) bond motifs is 2. The largest absolute Gasteiger partial charge is 0.316 e. The summed E-state index contributed by atoms with van der Waals surface area (Å²) in [5.41, 5.74) is 2.12. The summed E-state index contributed by atoms with van der Waals surface area (Å²) in [5, 5.41) is 0. The van der Waals surface area contributed by atoms with Gasteiger partial charge in [0.25, 0.3) is 0 Å². The first-order valence-electron chi connectivity index (χ1n) is 16.9. The van der Waals surface area contributed by atoms with Crippen molar-refractivity contribution in [2.24, 2.45) is 11.8 Å². The quantitative estimate of drug-likeness (QED) is 0.136. The van der Waals surface area contributed by atoms with Crippen LogP contribution in [0.5, 0.6) is 0 Å². The van der Waals surface area contributed by atoms with Gasteiger partial charge in [-0.15, -0.1) is 23.5 Å². The molecule has 2 aromatic carbocycles. The monoisotopic (exact) mass is 752 g/mol. The third-order valence-electron chi connectivity index (χ3n) is 10.2. The number of unbranched alkanes of at least 4 members (excludes halogenated alkanes) is 2. The molecule has 2 fully saturated rings. The van der Waals surface area contributed by atoms with Gasteiger partial charge in [-0.05, 0) is 121 Å². The van der Waals surface area contributed by atoms with Crippen molar-refractivity contribution in [3.05, 3.63) is 93.8 Å². The second-order valence-corrected chi connectivity index (χ2v) is 18.5. The number of hydrogen-bond acceptors (Lipinski definition) is 7. The zero-order valence-corrected chi connectivity index (χ0v) is 33.0. The smallest absolute Gasteiger partial charge is 0.108 e. The van der Waals surface area contributed by atoms with Gasteiger partial charge in [-0.1, -0.05) is 110 Å². The molecule has 4 unspecified atom stereocenters. The van der Waals surface area contributed by atoms with Gasteiger partial charge in [-0.25, -0.2) is 0 Å². The van der Waals surface area contributed by atoms with Gasteiger partial charge in [0.2, 0.25) is 0 Å². The summed E-state index contributed by atoms with van der Waals surface area (Å²) < 4.78 is 0. The second-order valence-electron chi connectivity index (χ2n) is 13.3. The first-order chi connectivity index (χ1) is 22.7. The molecule has 9 heteroatoms. The standard InChI is InChI=1S/C38H44N2S7/c1-37(27-13-5-3-6-14-27,39-33(41)25-31-29(35(39)43)17-23-46-31)19-9-11-21-45-22-12-10-20-38(2,28-15-7-4-8-16-28)40-34(42)26-32-30(36(40)44)18-24-47-32/h3-8,13-16,25-26,29-30H,9-12,17-24H2,1-2H3. The maximum absolute atomic E-state index is 6.14. The molecule has 4 aliphatic heterocycles. The summed E-state index contributed by atoms with van der Waals surface area (Å²) in [6.07, 6.45) is 13.4. The Morgan fingerprint density at radius 1 is 0.638 bits per heavy atom. The summed E-state index contributed by atoms with van der Waals surface area (Å²) >= 11 is 30.2. The van der Waals surface area contributed by atoms with Gasteiger partial charge < -0.3 is 9.80 Å². The normalized spacial score (nSPS) is 23.6. The third kappa shape index (κ3) is 7.52. The molecular weight excluding hydrogens is 709 g/mol. The van der Waals surface area contributed by atoms with Crippen LogP contribution in [0, 0.1) is 11.8 Å². The number of benzene rings is 2. The van der Waals surface area contributed by atoms with Crippen molar-refractivity contribution in [3.8, 4) is 0 Å². The van der Waals surface area contributed by atoms with Crippen molar-refractivity contribution in [2.45, 2.75) is 76.3 Å². The number of thiocarbonyl (C=S) groups is 4. The Balaban J connectivity index is 1.02. The molecule has 4 aliphatic rings. The first-order valence-corrected chi connectivity index (χ1v) is 21.6. The summed E-state index contributed by atoms with van der Waals surface area (Å²) in [5.74, 6) is 5.31. The number of rotatable bonds is 14. The van der Waals surface area contributed by atoms with Crippen LogP contribution in [0.3, 0.4) is 0 Å². The van der Waals surface area contributed by atoms with Gasteiger partial charge in [0.05, 0.1) is 21.1 Å². The maximum Gasteiger partial charge on any atom is 0.108 e. The third-order valence-corrected chi connectivity index (χ3v) is 15.3. The van der Waals surface area contributed by atoms with E-state index in [2.05, 4.69) is 108 Å². The molecule has 0 radical (unpaired) electrons. The lowest BCUT2D eigenvalue weighted by atomic mass is 9.83. The van der Waals surface area contributed by atoms with E-state index in [1.54, 1.807) is 0 Å². The maximum atomic E-state index is 6.14. The molecule has 47 heavy (non-hydrogen) atoms. The molecule has 6 rings (SSSR count). The molecule has 0 aliphatic carbocycles. The van der Waals surface area contributed by atoms with Crippen molar-refractivity contribution in [3.63, 3.8) is 0 Å². The van der Waals surface area contributed by atoms with Gasteiger partial charge >= 0.3 is 0 Å². The number of nitrogens with zero attached hydrogens (tertiary/aromatic N) is 2. The van der Waals surface area contributed by atoms with Crippen LogP contribution in [0.15, 0.2) is 82.6 Å². The predicted octanol–water partition coefficient (Wildman–Crippen LogP) is 11.1. The molecule has 2 nitrogen and oxygen atoms in total. The van der Waals surface area contributed by atoms with E-state index in [9.17, 15) is 0 Å². The molecule has 0 N–H and O–H groups in total. The highest BCUT2D eigenvalue weighted by Crippen LogP contribution is 2.47. The zero-order valence-electron chi connectivity index (χ0n) is 27.3. The van der Waals surface area contributed by atoms with Gasteiger partial charge in [0, 0.05) is 11.8 Å². The fourth-order valence-corrected chi connectivity index (χ4v) is 13.3. The Hall–Kier alpha value is -1.07. The molecule has 248 valence electrons. The van der Waals surface area contributed by atoms with Crippen molar-refractivity contribution < 1.29 is 0 Å².